The van der Waals surface area contributed by atoms with Gasteiger partial charge in [0.05, 0.1) is 0 Å². The third-order valence-corrected chi connectivity index (χ3v) is 3.85. The summed E-state index contributed by atoms with van der Waals surface area (Å²) in [7, 11) is 0. The summed E-state index contributed by atoms with van der Waals surface area (Å²) in [5.74, 6) is 0.446. The van der Waals surface area contributed by atoms with E-state index in [4.69, 9.17) is 5.73 Å². The number of aromatic amines is 1. The molecule has 0 spiro atoms. The van der Waals surface area contributed by atoms with Crippen LogP contribution >= 0.6 is 0 Å². The summed E-state index contributed by atoms with van der Waals surface area (Å²) in [6.07, 6.45) is -2.87. The molecule has 0 bridgehead atoms. The zero-order valence-corrected chi connectivity index (χ0v) is 12.9. The molecule has 0 unspecified atom stereocenters. The van der Waals surface area contributed by atoms with Crippen molar-refractivity contribution in [3.63, 3.8) is 0 Å². The Balaban J connectivity index is 1.84. The highest BCUT2D eigenvalue weighted by Gasteiger charge is 2.28. The van der Waals surface area contributed by atoms with Gasteiger partial charge in [-0.05, 0) is 11.6 Å². The molecule has 0 aliphatic heterocycles. The van der Waals surface area contributed by atoms with E-state index in [0.29, 0.717) is 5.82 Å². The van der Waals surface area contributed by atoms with Crippen LogP contribution in [0.3, 0.4) is 0 Å². The maximum atomic E-state index is 12.2. The lowest BCUT2D eigenvalue weighted by atomic mass is 9.93. The standard InChI is InChI=1S/C17H16F3N3O/c1-10(15-12-4-2-3-5-13(12)23-16(15)21)11-6-7-14(22-8-11)24-9-17(18,19)20/h2-8,10,23H,9,21H2,1H3/t10-/m0/s1. The Bertz CT molecular complexity index is 840. The van der Waals surface area contributed by atoms with Gasteiger partial charge in [-0.3, -0.25) is 0 Å². The number of nitrogen functional groups attached to an aromatic ring is 1. The lowest BCUT2D eigenvalue weighted by Crippen LogP contribution is -2.19. The largest absolute Gasteiger partial charge is 0.468 e. The second-order valence-corrected chi connectivity index (χ2v) is 5.55. The van der Waals surface area contributed by atoms with Gasteiger partial charge in [-0.25, -0.2) is 4.98 Å². The van der Waals surface area contributed by atoms with Gasteiger partial charge in [0.15, 0.2) is 6.61 Å². The topological polar surface area (TPSA) is 63.9 Å². The predicted octanol–water partition coefficient (Wildman–Crippen LogP) is 4.24. The number of nitrogens with zero attached hydrogens (tertiary/aromatic N) is 1. The molecule has 2 heterocycles. The highest BCUT2D eigenvalue weighted by Crippen LogP contribution is 2.35. The van der Waals surface area contributed by atoms with Crippen molar-refractivity contribution in [1.29, 1.82) is 0 Å². The molecule has 126 valence electrons. The highest BCUT2D eigenvalue weighted by molar-refractivity contribution is 5.89. The number of nitrogens with one attached hydrogen (secondary N) is 1. The molecule has 7 heteroatoms. The van der Waals surface area contributed by atoms with Crippen molar-refractivity contribution < 1.29 is 17.9 Å². The molecule has 0 aliphatic carbocycles. The first kappa shape index (κ1) is 16.2. The predicted molar refractivity (Wildman–Crippen MR) is 86.0 cm³/mol. The number of halogens is 3. The number of pyridine rings is 1. The van der Waals surface area contributed by atoms with Crippen LogP contribution in [0.5, 0.6) is 5.88 Å². The van der Waals surface area contributed by atoms with Crippen molar-refractivity contribution in [2.24, 2.45) is 0 Å². The van der Waals surface area contributed by atoms with Crippen molar-refractivity contribution in [3.05, 3.63) is 53.7 Å². The molecule has 1 aromatic carbocycles. The first-order valence-electron chi connectivity index (χ1n) is 7.37. The molecule has 4 nitrogen and oxygen atoms in total. The molecular formula is C17H16F3N3O. The first-order chi connectivity index (χ1) is 11.3. The summed E-state index contributed by atoms with van der Waals surface area (Å²) in [6.45, 7) is 0.615. The molecule has 0 amide bonds. The average Bonchev–Trinajstić information content (AvgIpc) is 2.88. The van der Waals surface area contributed by atoms with E-state index in [2.05, 4.69) is 14.7 Å². The molecule has 1 atom stereocenters. The minimum atomic E-state index is -4.38. The first-order valence-corrected chi connectivity index (χ1v) is 7.37. The summed E-state index contributed by atoms with van der Waals surface area (Å²) in [4.78, 5) is 7.08. The average molecular weight is 335 g/mol. The van der Waals surface area contributed by atoms with Gasteiger partial charge in [0, 0.05) is 34.6 Å². The van der Waals surface area contributed by atoms with Crippen molar-refractivity contribution in [2.45, 2.75) is 19.0 Å². The van der Waals surface area contributed by atoms with Crippen LogP contribution in [0.1, 0.15) is 24.0 Å². The van der Waals surface area contributed by atoms with Crippen LogP contribution in [0.15, 0.2) is 42.6 Å². The van der Waals surface area contributed by atoms with Crippen LogP contribution in [0.25, 0.3) is 10.9 Å². The number of nitrogens with two attached hydrogens (primary N) is 1. The van der Waals surface area contributed by atoms with Crippen molar-refractivity contribution in [2.75, 3.05) is 12.3 Å². The number of rotatable bonds is 4. The monoisotopic (exact) mass is 335 g/mol. The SMILES string of the molecule is C[C@@H](c1ccc(OCC(F)(F)F)nc1)c1c(N)[nH]c2ccccc12. The third-order valence-electron chi connectivity index (χ3n) is 3.85. The van der Waals surface area contributed by atoms with Crippen LogP contribution in [-0.4, -0.2) is 22.8 Å². The second-order valence-electron chi connectivity index (χ2n) is 5.55. The van der Waals surface area contributed by atoms with E-state index < -0.39 is 12.8 Å². The van der Waals surface area contributed by atoms with E-state index in [-0.39, 0.29) is 11.8 Å². The molecule has 3 aromatic rings. The third kappa shape index (κ3) is 3.29. The highest BCUT2D eigenvalue weighted by atomic mass is 19.4. The van der Waals surface area contributed by atoms with Gasteiger partial charge in [-0.15, -0.1) is 0 Å². The smallest absolute Gasteiger partial charge is 0.422 e. The Morgan fingerprint density at radius 2 is 1.96 bits per heavy atom. The molecule has 3 N–H and O–H groups in total. The molecule has 0 fully saturated rings. The number of alkyl halides is 3. The van der Waals surface area contributed by atoms with Crippen LogP contribution in [0.2, 0.25) is 0 Å². The number of aromatic nitrogens is 2. The van der Waals surface area contributed by atoms with Crippen LogP contribution < -0.4 is 10.5 Å². The number of anilines is 1. The zero-order chi connectivity index (χ0) is 17.3. The molecule has 3 rings (SSSR count). The molecular weight excluding hydrogens is 319 g/mol. The van der Waals surface area contributed by atoms with Crippen molar-refractivity contribution >= 4 is 16.7 Å². The van der Waals surface area contributed by atoms with Gasteiger partial charge in [0.25, 0.3) is 0 Å². The fourth-order valence-corrected chi connectivity index (χ4v) is 2.71. The Labute approximate surface area is 136 Å². The van der Waals surface area contributed by atoms with Crippen molar-refractivity contribution in [3.8, 4) is 5.88 Å². The minimum Gasteiger partial charge on any atom is -0.468 e. The Hall–Kier alpha value is -2.70. The van der Waals surface area contributed by atoms with Gasteiger partial charge in [-0.2, -0.15) is 13.2 Å². The molecule has 0 saturated carbocycles. The van der Waals surface area contributed by atoms with E-state index in [9.17, 15) is 13.2 Å². The van der Waals surface area contributed by atoms with Crippen LogP contribution in [0.4, 0.5) is 19.0 Å². The minimum absolute atomic E-state index is 0.0600. The van der Waals surface area contributed by atoms with E-state index in [0.717, 1.165) is 22.0 Å². The Morgan fingerprint density at radius 1 is 1.21 bits per heavy atom. The van der Waals surface area contributed by atoms with Crippen LogP contribution in [0, 0.1) is 0 Å². The zero-order valence-electron chi connectivity index (χ0n) is 12.9. The fraction of sp³-hybridized carbons (Fsp3) is 0.235. The molecule has 0 saturated heterocycles. The second kappa shape index (κ2) is 6.07. The number of hydrogen-bond acceptors (Lipinski definition) is 3. The summed E-state index contributed by atoms with van der Waals surface area (Å²) >= 11 is 0. The lowest BCUT2D eigenvalue weighted by Gasteiger charge is -2.13. The van der Waals surface area contributed by atoms with Gasteiger partial charge < -0.3 is 15.5 Å². The Morgan fingerprint density at radius 3 is 2.62 bits per heavy atom. The number of hydrogen-bond donors (Lipinski definition) is 2. The maximum absolute atomic E-state index is 12.2. The molecule has 0 aliphatic rings. The molecule has 0 radical (unpaired) electrons. The number of benzene rings is 1. The normalized spacial score (nSPS) is 13.2. The Kier molecular flexibility index (Phi) is 4.09. The van der Waals surface area contributed by atoms with Gasteiger partial charge in [0.2, 0.25) is 5.88 Å². The van der Waals surface area contributed by atoms with Crippen molar-refractivity contribution in [1.82, 2.24) is 9.97 Å². The summed E-state index contributed by atoms with van der Waals surface area (Å²) < 4.78 is 41.1. The number of para-hydroxylation sites is 1. The number of H-pyrrole nitrogens is 1. The van der Waals surface area contributed by atoms with E-state index >= 15 is 0 Å². The van der Waals surface area contributed by atoms with E-state index in [1.807, 2.05) is 31.2 Å². The maximum Gasteiger partial charge on any atom is 0.422 e. The molecule has 2 aromatic heterocycles. The summed E-state index contributed by atoms with van der Waals surface area (Å²) in [5.41, 5.74) is 8.81. The van der Waals surface area contributed by atoms with Gasteiger partial charge in [0.1, 0.15) is 5.82 Å². The lowest BCUT2D eigenvalue weighted by molar-refractivity contribution is -0.154. The van der Waals surface area contributed by atoms with E-state index in [1.54, 1.807) is 6.07 Å². The summed E-state index contributed by atoms with van der Waals surface area (Å²) in [5, 5.41) is 1.01. The number of ether oxygens (including phenoxy) is 1. The van der Waals surface area contributed by atoms with E-state index in [1.165, 1.54) is 12.3 Å². The van der Waals surface area contributed by atoms with Crippen LogP contribution in [-0.2, 0) is 0 Å². The summed E-state index contributed by atoms with van der Waals surface area (Å²) in [6, 6.07) is 10.9. The fourth-order valence-electron chi connectivity index (χ4n) is 2.71. The molecule has 24 heavy (non-hydrogen) atoms. The number of fused-ring (bicyclic) bond motifs is 1. The van der Waals surface area contributed by atoms with Gasteiger partial charge in [-0.1, -0.05) is 31.2 Å². The quantitative estimate of drug-likeness (QED) is 0.749. The van der Waals surface area contributed by atoms with Gasteiger partial charge >= 0.3 is 6.18 Å².